The number of aromatic nitrogens is 15. The predicted octanol–water partition coefficient (Wildman–Crippen LogP) is 16.1. The van der Waals surface area contributed by atoms with Gasteiger partial charge in [0, 0.05) is 84.9 Å². The third-order valence-electron chi connectivity index (χ3n) is 12.0. The van der Waals surface area contributed by atoms with Crippen LogP contribution in [0.25, 0.3) is 0 Å². The molecule has 0 bridgehead atoms. The molecule has 1 aliphatic heterocycles. The van der Waals surface area contributed by atoms with Crippen LogP contribution in [0.1, 0.15) is 276 Å². The lowest BCUT2D eigenvalue weighted by atomic mass is 9.93. The van der Waals surface area contributed by atoms with Crippen molar-refractivity contribution < 1.29 is 31.9 Å². The molecule has 90 heavy (non-hydrogen) atoms. The van der Waals surface area contributed by atoms with Crippen LogP contribution in [0.5, 0.6) is 11.8 Å². The minimum atomic E-state index is -0.0265. The van der Waals surface area contributed by atoms with Crippen LogP contribution < -0.4 is 14.8 Å². The summed E-state index contributed by atoms with van der Waals surface area (Å²) in [5.74, 6) is 10.8. The molecule has 0 saturated carbocycles. The molecule has 8 aromatic heterocycles. The van der Waals surface area contributed by atoms with E-state index in [-0.39, 0.29) is 21.7 Å². The number of rotatable bonds is 8. The Morgan fingerprint density at radius 2 is 1.18 bits per heavy atom. The number of oxazole rings is 1. The van der Waals surface area contributed by atoms with Gasteiger partial charge >= 0.3 is 5.95 Å². The lowest BCUT2D eigenvalue weighted by Gasteiger charge is -2.32. The number of anilines is 1. The van der Waals surface area contributed by atoms with Crippen LogP contribution in [0.4, 0.5) is 6.01 Å². The minimum Gasteiger partial charge on any atom is -0.479 e. The van der Waals surface area contributed by atoms with Crippen LogP contribution in [-0.4, -0.2) is 122 Å². The first kappa shape index (κ1) is 81.1. The molecule has 3 N–H and O–H groups in total. The maximum absolute atomic E-state index is 5.27. The van der Waals surface area contributed by atoms with E-state index >= 15 is 0 Å². The Hall–Kier alpha value is -6.89. The number of aromatic amines is 2. The minimum absolute atomic E-state index is 0.00375. The Balaban J connectivity index is 0.000000507. The number of piperidine rings is 1. The van der Waals surface area contributed by atoms with Gasteiger partial charge in [-0.05, 0) is 57.3 Å². The van der Waals surface area contributed by atoms with E-state index in [0.717, 1.165) is 56.4 Å². The highest BCUT2D eigenvalue weighted by Crippen LogP contribution is 2.27. The van der Waals surface area contributed by atoms with Crippen molar-refractivity contribution in [1.29, 1.82) is 0 Å². The molecule has 9 rings (SSSR count). The Bertz CT molecular complexity index is 2910. The SMILES string of the molecule is CC(C)(C)CN1CCCCC1.CNc1ncc(C(C)C)o1.COc1cc(C(C)(C)C)no1.COc1cc(C(C)(C)C)on1.Cc1nc(C(C)(C)C)n[nH]1.Cc1nc(C(C)C)n[nH]1.Cc1nc(C(C)C)no1.Cc1nnc(C(C)(C)C)o1.Cc1nnc(C(C)C)s1. The lowest BCUT2D eigenvalue weighted by Crippen LogP contribution is -2.36. The largest absolute Gasteiger partial charge is 0.479 e. The molecule has 0 amide bonds. The van der Waals surface area contributed by atoms with Gasteiger partial charge in [-0.25, -0.2) is 15.0 Å². The van der Waals surface area contributed by atoms with Crippen LogP contribution in [-0.2, 0) is 21.7 Å². The van der Waals surface area contributed by atoms with Gasteiger partial charge in [0.2, 0.25) is 17.7 Å². The van der Waals surface area contributed by atoms with Crippen LogP contribution >= 0.6 is 11.3 Å². The Morgan fingerprint density at radius 1 is 0.578 bits per heavy atom. The molecule has 25 heteroatoms. The summed E-state index contributed by atoms with van der Waals surface area (Å²) in [5.41, 5.74) is 1.46. The van der Waals surface area contributed by atoms with Crippen molar-refractivity contribution >= 4 is 17.4 Å². The van der Waals surface area contributed by atoms with Crippen LogP contribution in [0.15, 0.2) is 40.7 Å². The Labute approximate surface area is 542 Å². The van der Waals surface area contributed by atoms with Crippen molar-refractivity contribution in [3.63, 3.8) is 0 Å². The maximum atomic E-state index is 5.27. The zero-order valence-electron chi connectivity index (χ0n) is 60.8. The number of hydrogen-bond acceptors (Lipinski definition) is 23. The summed E-state index contributed by atoms with van der Waals surface area (Å²) in [4.78, 5) is 19.0. The van der Waals surface area contributed by atoms with Gasteiger partial charge in [0.05, 0.1) is 26.1 Å². The summed E-state index contributed by atoms with van der Waals surface area (Å²) in [7, 11) is 4.92. The molecule has 0 radical (unpaired) electrons. The van der Waals surface area contributed by atoms with Gasteiger partial charge in [0.25, 0.3) is 11.9 Å². The number of aryl methyl sites for hydroxylation is 5. The second-order valence-electron chi connectivity index (χ2n) is 28.3. The molecule has 9 heterocycles. The highest BCUT2D eigenvalue weighted by atomic mass is 32.1. The molecule has 1 aliphatic rings. The molecular formula is C65H115N17O7S. The number of H-pyrrole nitrogens is 2. The predicted molar refractivity (Wildman–Crippen MR) is 358 cm³/mol. The van der Waals surface area contributed by atoms with Crippen molar-refractivity contribution in [2.45, 2.75) is 258 Å². The average Bonchev–Trinajstić information content (AvgIpc) is 3.72. The van der Waals surface area contributed by atoms with E-state index in [4.69, 9.17) is 31.9 Å². The first-order valence-electron chi connectivity index (χ1n) is 31.1. The number of ether oxygens (including phenoxy) is 2. The molecule has 508 valence electrons. The van der Waals surface area contributed by atoms with E-state index in [0.29, 0.717) is 64.6 Å². The highest BCUT2D eigenvalue weighted by molar-refractivity contribution is 7.11. The highest BCUT2D eigenvalue weighted by Gasteiger charge is 2.23. The van der Waals surface area contributed by atoms with Crippen molar-refractivity contribution in [3.05, 3.63) is 92.4 Å². The number of hydrogen-bond donors (Lipinski definition) is 3. The maximum Gasteiger partial charge on any atom is 0.311 e. The third kappa shape index (κ3) is 33.8. The summed E-state index contributed by atoms with van der Waals surface area (Å²) in [5, 5.41) is 45.5. The average molecular weight is 1280 g/mol. The second-order valence-corrected chi connectivity index (χ2v) is 29.5. The van der Waals surface area contributed by atoms with Crippen molar-refractivity contribution in [3.8, 4) is 11.8 Å². The first-order valence-corrected chi connectivity index (χ1v) is 31.9. The summed E-state index contributed by atoms with van der Waals surface area (Å²) in [6.07, 6.45) is 6.02. The molecule has 0 aromatic carbocycles. The van der Waals surface area contributed by atoms with Crippen LogP contribution in [0.2, 0.25) is 0 Å². The van der Waals surface area contributed by atoms with Gasteiger partial charge in [-0.2, -0.15) is 15.2 Å². The van der Waals surface area contributed by atoms with E-state index in [9.17, 15) is 0 Å². The van der Waals surface area contributed by atoms with Gasteiger partial charge in [0.1, 0.15) is 33.2 Å². The third-order valence-corrected chi connectivity index (χ3v) is 13.1. The second kappa shape index (κ2) is 38.1. The zero-order valence-corrected chi connectivity index (χ0v) is 61.6. The normalized spacial score (nSPS) is 12.6. The quantitative estimate of drug-likeness (QED) is 0.127. The fourth-order valence-corrected chi connectivity index (χ4v) is 7.57. The summed E-state index contributed by atoms with van der Waals surface area (Å²) in [6.45, 7) is 61.7. The smallest absolute Gasteiger partial charge is 0.311 e. The van der Waals surface area contributed by atoms with Gasteiger partial charge in [-0.3, -0.25) is 10.2 Å². The summed E-state index contributed by atoms with van der Waals surface area (Å²) in [6, 6.07) is 4.20. The standard InChI is InChI=1S/C10H21N.2C8H13NO2.C7H13N3.2C7H12N2O.C6H11N3.C6H10N2O.C6H10N2S/c1-10(2,3)9-11-7-5-4-6-8-11;1-8(2,3)6-5-7(10-4)9-11-6;1-8(2,3)6-5-7(10-4)11-9-6;1-5-8-6(10-9-5)7(2,3)4;1-5-8-9-6(10-5)7(2,3)4;1-5(2)6-4-9-7(8-3)10-6;1-4(2)6-7-5(3)8-9-6;1-4(2)6-7-5(3)9-8-6;1-4(2)6-8-7-5(3)9-6/h4-9H2,1-3H3;2*5H,1-4H3;1-4H3,(H,8,9,10);1-4H3;4-5H,1-3H3,(H,8,9);4H,1-3H3,(H,7,8,9);2*4H,1-3H3. The molecular weight excluding hydrogens is 1160 g/mol. The van der Waals surface area contributed by atoms with Gasteiger partial charge in [0.15, 0.2) is 17.5 Å². The monoisotopic (exact) mass is 1280 g/mol. The van der Waals surface area contributed by atoms with Crippen LogP contribution in [0.3, 0.4) is 0 Å². The first-order chi connectivity index (χ1) is 41.5. The molecule has 0 spiro atoms. The Kier molecular flexibility index (Phi) is 34.3. The van der Waals surface area contributed by atoms with E-state index in [1.807, 2.05) is 55.4 Å². The number of likely N-dealkylation sites (tertiary alicyclic amines) is 1. The molecule has 1 saturated heterocycles. The number of nitrogens with one attached hydrogen (secondary N) is 3. The molecule has 8 aromatic rings. The summed E-state index contributed by atoms with van der Waals surface area (Å²) < 4.78 is 34.9. The fraction of sp³-hybridized carbons (Fsp3) is 0.708. The zero-order chi connectivity index (χ0) is 69.0. The molecule has 1 fully saturated rings. The molecule has 0 atom stereocenters. The number of nitrogens with zero attached hydrogens (tertiary/aromatic N) is 14. The van der Waals surface area contributed by atoms with Crippen molar-refractivity contribution in [2.24, 2.45) is 5.41 Å². The van der Waals surface area contributed by atoms with Crippen molar-refractivity contribution in [1.82, 2.24) is 81.1 Å². The van der Waals surface area contributed by atoms with E-state index in [1.54, 1.807) is 64.8 Å². The number of methoxy groups -OCH3 is 2. The fourth-order valence-electron chi connectivity index (χ4n) is 6.86. The topological polar surface area (TPSA) is 299 Å². The van der Waals surface area contributed by atoms with Gasteiger partial charge in [-0.1, -0.05) is 176 Å². The van der Waals surface area contributed by atoms with Gasteiger partial charge in [-0.15, -0.1) is 31.7 Å². The molecule has 24 nitrogen and oxygen atoms in total. The lowest BCUT2D eigenvalue weighted by molar-refractivity contribution is 0.164. The van der Waals surface area contributed by atoms with E-state index < -0.39 is 0 Å². The van der Waals surface area contributed by atoms with E-state index in [1.165, 1.54) is 38.9 Å². The summed E-state index contributed by atoms with van der Waals surface area (Å²) >= 11 is 1.67. The Morgan fingerprint density at radius 3 is 1.44 bits per heavy atom. The molecule has 0 aliphatic carbocycles. The molecule has 0 unspecified atom stereocenters. The van der Waals surface area contributed by atoms with Crippen molar-refractivity contribution in [2.75, 3.05) is 46.2 Å². The van der Waals surface area contributed by atoms with E-state index in [2.05, 4.69) is 211 Å². The van der Waals surface area contributed by atoms with Crippen LogP contribution in [0, 0.1) is 40.0 Å². The van der Waals surface area contributed by atoms with Gasteiger partial charge < -0.3 is 42.1 Å².